The Morgan fingerprint density at radius 1 is 1.57 bits per heavy atom. The lowest BCUT2D eigenvalue weighted by molar-refractivity contribution is -0.136. The summed E-state index contributed by atoms with van der Waals surface area (Å²) in [7, 11) is 0. The van der Waals surface area contributed by atoms with Crippen molar-refractivity contribution in [1.82, 2.24) is 4.90 Å². The van der Waals surface area contributed by atoms with E-state index >= 15 is 0 Å². The lowest BCUT2D eigenvalue weighted by Crippen LogP contribution is -2.53. The largest absolute Gasteiger partial charge is 0.337 e. The summed E-state index contributed by atoms with van der Waals surface area (Å²) in [5.74, 6) is 0.0155. The summed E-state index contributed by atoms with van der Waals surface area (Å²) in [5.41, 5.74) is 5.16. The van der Waals surface area contributed by atoms with Crippen molar-refractivity contribution < 1.29 is 4.79 Å². The predicted octanol–water partition coefficient (Wildman–Crippen LogP) is 1.54. The Bertz CT molecular complexity index is 199. The highest BCUT2D eigenvalue weighted by Crippen LogP contribution is 2.10. The molecule has 0 radical (unpaired) electrons. The second-order valence-electron chi connectivity index (χ2n) is 3.81. The zero-order valence-electron chi connectivity index (χ0n) is 9.55. The van der Waals surface area contributed by atoms with Gasteiger partial charge in [-0.15, -0.1) is 6.58 Å². The van der Waals surface area contributed by atoms with E-state index in [0.717, 1.165) is 13.0 Å². The summed E-state index contributed by atoms with van der Waals surface area (Å²) in [6.07, 6.45) is 3.34. The normalized spacial score (nSPS) is 14.6. The molecular formula is C11H22N2O. The number of hydrogen-bond acceptors (Lipinski definition) is 2. The molecule has 0 saturated heterocycles. The van der Waals surface area contributed by atoms with Crippen molar-refractivity contribution in [1.29, 1.82) is 0 Å². The summed E-state index contributed by atoms with van der Waals surface area (Å²) in [6, 6.07) is 0. The van der Waals surface area contributed by atoms with Crippen molar-refractivity contribution >= 4 is 5.91 Å². The number of carbonyl (C=O) groups excluding carboxylic acids is 1. The van der Waals surface area contributed by atoms with Gasteiger partial charge in [0.25, 0.3) is 0 Å². The lowest BCUT2D eigenvalue weighted by Gasteiger charge is -2.30. The SMILES string of the molecule is C=CCN(CCC)C(=O)C(C)(N)CC. The van der Waals surface area contributed by atoms with Crippen LogP contribution in [0, 0.1) is 0 Å². The van der Waals surface area contributed by atoms with E-state index in [-0.39, 0.29) is 5.91 Å². The first kappa shape index (κ1) is 13.2. The van der Waals surface area contributed by atoms with E-state index in [0.29, 0.717) is 13.0 Å². The summed E-state index contributed by atoms with van der Waals surface area (Å²) in [6.45, 7) is 10.7. The van der Waals surface area contributed by atoms with Gasteiger partial charge in [-0.1, -0.05) is 19.9 Å². The third kappa shape index (κ3) is 3.50. The molecule has 1 unspecified atom stereocenters. The molecular weight excluding hydrogens is 176 g/mol. The Morgan fingerprint density at radius 3 is 2.50 bits per heavy atom. The number of carbonyl (C=O) groups is 1. The highest BCUT2D eigenvalue weighted by Gasteiger charge is 2.29. The molecule has 0 saturated carbocycles. The minimum Gasteiger partial charge on any atom is -0.337 e. The minimum atomic E-state index is -0.738. The molecule has 0 aromatic rings. The third-order valence-electron chi connectivity index (χ3n) is 2.35. The fourth-order valence-corrected chi connectivity index (χ4v) is 1.21. The Balaban J connectivity index is 4.49. The van der Waals surface area contributed by atoms with Crippen LogP contribution in [0.3, 0.4) is 0 Å². The van der Waals surface area contributed by atoms with Crippen LogP contribution in [0.15, 0.2) is 12.7 Å². The smallest absolute Gasteiger partial charge is 0.242 e. The Hall–Kier alpha value is -0.830. The summed E-state index contributed by atoms with van der Waals surface area (Å²) in [5, 5.41) is 0. The van der Waals surface area contributed by atoms with Gasteiger partial charge in [0, 0.05) is 13.1 Å². The highest BCUT2D eigenvalue weighted by atomic mass is 16.2. The molecule has 0 bridgehead atoms. The maximum atomic E-state index is 11.9. The second-order valence-corrected chi connectivity index (χ2v) is 3.81. The molecule has 0 aromatic heterocycles. The maximum absolute atomic E-state index is 11.9. The molecule has 0 aliphatic carbocycles. The van der Waals surface area contributed by atoms with Crippen LogP contribution >= 0.6 is 0 Å². The van der Waals surface area contributed by atoms with Gasteiger partial charge in [0.2, 0.25) is 5.91 Å². The number of amides is 1. The van der Waals surface area contributed by atoms with Gasteiger partial charge in [0.15, 0.2) is 0 Å². The zero-order valence-corrected chi connectivity index (χ0v) is 9.55. The Kier molecular flexibility index (Phi) is 5.46. The first-order valence-corrected chi connectivity index (χ1v) is 5.18. The van der Waals surface area contributed by atoms with E-state index in [4.69, 9.17) is 5.73 Å². The Morgan fingerprint density at radius 2 is 2.14 bits per heavy atom. The molecule has 3 heteroatoms. The standard InChI is InChI=1S/C11H22N2O/c1-5-8-13(9-6-2)10(14)11(4,12)7-3/h5H,1,6-9,12H2,2-4H3. The molecule has 0 aromatic carbocycles. The van der Waals surface area contributed by atoms with Crippen LogP contribution in [0.1, 0.15) is 33.6 Å². The van der Waals surface area contributed by atoms with Crippen LogP contribution in [0.5, 0.6) is 0 Å². The van der Waals surface area contributed by atoms with Gasteiger partial charge in [-0.05, 0) is 19.8 Å². The molecule has 1 amide bonds. The van der Waals surface area contributed by atoms with Gasteiger partial charge in [0.1, 0.15) is 0 Å². The maximum Gasteiger partial charge on any atom is 0.242 e. The predicted molar refractivity (Wildman–Crippen MR) is 60.0 cm³/mol. The van der Waals surface area contributed by atoms with E-state index in [1.807, 2.05) is 13.8 Å². The van der Waals surface area contributed by atoms with Gasteiger partial charge >= 0.3 is 0 Å². The van der Waals surface area contributed by atoms with Crippen LogP contribution in [0.25, 0.3) is 0 Å². The summed E-state index contributed by atoms with van der Waals surface area (Å²) < 4.78 is 0. The first-order valence-electron chi connectivity index (χ1n) is 5.18. The fraction of sp³-hybridized carbons (Fsp3) is 0.727. The first-order chi connectivity index (χ1) is 6.49. The van der Waals surface area contributed by atoms with E-state index < -0.39 is 5.54 Å². The highest BCUT2D eigenvalue weighted by molar-refractivity contribution is 5.85. The molecule has 0 spiro atoms. The van der Waals surface area contributed by atoms with Crippen molar-refractivity contribution in [3.63, 3.8) is 0 Å². The minimum absolute atomic E-state index is 0.0155. The zero-order chi connectivity index (χ0) is 11.2. The number of nitrogens with two attached hydrogens (primary N) is 1. The van der Waals surface area contributed by atoms with Crippen molar-refractivity contribution in [3.05, 3.63) is 12.7 Å². The van der Waals surface area contributed by atoms with Gasteiger partial charge in [-0.25, -0.2) is 0 Å². The van der Waals surface area contributed by atoms with Crippen LogP contribution in [0.4, 0.5) is 0 Å². The van der Waals surface area contributed by atoms with Gasteiger partial charge in [0.05, 0.1) is 5.54 Å². The number of nitrogens with zero attached hydrogens (tertiary/aromatic N) is 1. The number of hydrogen-bond donors (Lipinski definition) is 1. The average Bonchev–Trinajstić information content (AvgIpc) is 2.16. The Labute approximate surface area is 87.0 Å². The van der Waals surface area contributed by atoms with Crippen LogP contribution in [-0.4, -0.2) is 29.4 Å². The van der Waals surface area contributed by atoms with E-state index in [1.165, 1.54) is 0 Å². The van der Waals surface area contributed by atoms with Crippen LogP contribution < -0.4 is 5.73 Å². The van der Waals surface area contributed by atoms with Crippen LogP contribution in [0.2, 0.25) is 0 Å². The van der Waals surface area contributed by atoms with Gasteiger partial charge in [-0.2, -0.15) is 0 Å². The molecule has 0 fully saturated rings. The van der Waals surface area contributed by atoms with E-state index in [9.17, 15) is 4.79 Å². The van der Waals surface area contributed by atoms with Gasteiger partial charge in [-0.3, -0.25) is 4.79 Å². The fourth-order valence-electron chi connectivity index (χ4n) is 1.21. The average molecular weight is 198 g/mol. The monoisotopic (exact) mass is 198 g/mol. The molecule has 0 aliphatic heterocycles. The molecule has 3 nitrogen and oxygen atoms in total. The van der Waals surface area contributed by atoms with Gasteiger partial charge < -0.3 is 10.6 Å². The lowest BCUT2D eigenvalue weighted by atomic mass is 9.98. The molecule has 1 atom stereocenters. The van der Waals surface area contributed by atoms with Crippen molar-refractivity contribution in [3.8, 4) is 0 Å². The third-order valence-corrected chi connectivity index (χ3v) is 2.35. The van der Waals surface area contributed by atoms with E-state index in [1.54, 1.807) is 17.9 Å². The van der Waals surface area contributed by atoms with Crippen molar-refractivity contribution in [2.45, 2.75) is 39.2 Å². The molecule has 0 heterocycles. The second kappa shape index (κ2) is 5.81. The molecule has 14 heavy (non-hydrogen) atoms. The molecule has 2 N–H and O–H groups in total. The van der Waals surface area contributed by atoms with Crippen LogP contribution in [-0.2, 0) is 4.79 Å². The number of rotatable bonds is 6. The molecule has 0 rings (SSSR count). The van der Waals surface area contributed by atoms with Crippen molar-refractivity contribution in [2.75, 3.05) is 13.1 Å². The quantitative estimate of drug-likeness (QED) is 0.658. The summed E-state index contributed by atoms with van der Waals surface area (Å²) >= 11 is 0. The summed E-state index contributed by atoms with van der Waals surface area (Å²) in [4.78, 5) is 13.7. The van der Waals surface area contributed by atoms with E-state index in [2.05, 4.69) is 6.58 Å². The molecule has 82 valence electrons. The topological polar surface area (TPSA) is 46.3 Å². The van der Waals surface area contributed by atoms with Crippen molar-refractivity contribution in [2.24, 2.45) is 5.73 Å². The molecule has 0 aliphatic rings.